The van der Waals surface area contributed by atoms with E-state index in [9.17, 15) is 18.0 Å². The highest BCUT2D eigenvalue weighted by atomic mass is 35.5. The van der Waals surface area contributed by atoms with Gasteiger partial charge in [-0.15, -0.1) is 0 Å². The molecule has 0 radical (unpaired) electrons. The third-order valence-electron chi connectivity index (χ3n) is 6.13. The third kappa shape index (κ3) is 6.85. The highest BCUT2D eigenvalue weighted by molar-refractivity contribution is 7.92. The van der Waals surface area contributed by atoms with Crippen molar-refractivity contribution < 1.29 is 22.7 Å². The normalized spacial score (nSPS) is 11.9. The lowest BCUT2D eigenvalue weighted by Gasteiger charge is -2.32. The third-order valence-corrected chi connectivity index (χ3v) is 8.17. The minimum atomic E-state index is -4.17. The Balaban J connectivity index is 2.04. The number of sulfonamides is 1. The fourth-order valence-corrected chi connectivity index (χ4v) is 5.44. The van der Waals surface area contributed by atoms with Gasteiger partial charge in [0.2, 0.25) is 11.8 Å². The van der Waals surface area contributed by atoms with E-state index in [1.54, 1.807) is 31.2 Å². The largest absolute Gasteiger partial charge is 0.494 e. The van der Waals surface area contributed by atoms with Gasteiger partial charge >= 0.3 is 0 Å². The van der Waals surface area contributed by atoms with Gasteiger partial charge in [-0.2, -0.15) is 0 Å². The average molecular weight is 558 g/mol. The van der Waals surface area contributed by atoms with Crippen LogP contribution in [0, 0.1) is 6.92 Å². The van der Waals surface area contributed by atoms with E-state index >= 15 is 0 Å². The summed E-state index contributed by atoms with van der Waals surface area (Å²) >= 11 is 5.98. The Morgan fingerprint density at radius 2 is 1.63 bits per heavy atom. The molecule has 2 amide bonds. The van der Waals surface area contributed by atoms with Crippen LogP contribution in [0.5, 0.6) is 5.75 Å². The molecule has 0 aromatic heterocycles. The van der Waals surface area contributed by atoms with Crippen molar-refractivity contribution in [3.8, 4) is 5.75 Å². The van der Waals surface area contributed by atoms with Crippen LogP contribution in [0.25, 0.3) is 0 Å². The number of ether oxygens (including phenoxy) is 1. The number of hydrogen-bond donors (Lipinski definition) is 1. The van der Waals surface area contributed by atoms with Crippen molar-refractivity contribution in [3.05, 3.63) is 88.9 Å². The van der Waals surface area contributed by atoms with Gasteiger partial charge in [0.15, 0.2) is 0 Å². The lowest BCUT2D eigenvalue weighted by atomic mass is 10.1. The predicted octanol–water partition coefficient (Wildman–Crippen LogP) is 4.41. The molecule has 202 valence electrons. The zero-order valence-corrected chi connectivity index (χ0v) is 23.4. The molecule has 0 bridgehead atoms. The standard InChI is InChI=1S/C28H32ClN3O5S/c1-5-37-25-14-12-24(13-15-25)32(38(35,36)26-16-10-23(29)11-17-26)19-27(33)31(21(3)28(34)30-4)18-22-9-7-6-8-20(22)2/h6-17,21H,5,18-19H2,1-4H3,(H,30,34)/t21-/m1/s1. The number of carbonyl (C=O) groups is 2. The van der Waals surface area contributed by atoms with Crippen molar-refractivity contribution in [1.82, 2.24) is 10.2 Å². The van der Waals surface area contributed by atoms with Crippen molar-refractivity contribution in [1.29, 1.82) is 0 Å². The second kappa shape index (κ2) is 12.8. The first-order valence-corrected chi connectivity index (χ1v) is 14.0. The van der Waals surface area contributed by atoms with Crippen molar-refractivity contribution in [3.63, 3.8) is 0 Å². The van der Waals surface area contributed by atoms with Gasteiger partial charge in [-0.3, -0.25) is 13.9 Å². The first-order chi connectivity index (χ1) is 18.1. The van der Waals surface area contributed by atoms with Gasteiger partial charge in [-0.1, -0.05) is 35.9 Å². The van der Waals surface area contributed by atoms with Gasteiger partial charge in [-0.05, 0) is 80.4 Å². The Kier molecular flexibility index (Phi) is 9.77. The molecule has 0 saturated carbocycles. The second-order valence-corrected chi connectivity index (χ2v) is 10.9. The quantitative estimate of drug-likeness (QED) is 0.377. The smallest absolute Gasteiger partial charge is 0.264 e. The van der Waals surface area contributed by atoms with E-state index in [1.165, 1.54) is 36.2 Å². The van der Waals surface area contributed by atoms with Crippen molar-refractivity contribution in [2.45, 2.75) is 38.3 Å². The van der Waals surface area contributed by atoms with Crippen LogP contribution in [0.2, 0.25) is 5.02 Å². The molecule has 3 aromatic rings. The van der Waals surface area contributed by atoms with Crippen molar-refractivity contribution in [2.24, 2.45) is 0 Å². The number of nitrogens with zero attached hydrogens (tertiary/aromatic N) is 2. The maximum atomic E-state index is 13.8. The highest BCUT2D eigenvalue weighted by Gasteiger charge is 2.32. The number of anilines is 1. The van der Waals surface area contributed by atoms with E-state index in [0.29, 0.717) is 17.4 Å². The molecule has 0 heterocycles. The first kappa shape index (κ1) is 29.0. The lowest BCUT2D eigenvalue weighted by molar-refractivity contribution is -0.139. The monoisotopic (exact) mass is 557 g/mol. The SMILES string of the molecule is CCOc1ccc(N(CC(=O)N(Cc2ccccc2C)[C@H](C)C(=O)NC)S(=O)(=O)c2ccc(Cl)cc2)cc1. The number of amides is 2. The molecule has 0 spiro atoms. The first-order valence-electron chi connectivity index (χ1n) is 12.1. The fraction of sp³-hybridized carbons (Fsp3) is 0.286. The van der Waals surface area contributed by atoms with E-state index < -0.39 is 28.5 Å². The molecule has 0 aliphatic carbocycles. The Bertz CT molecular complexity index is 1360. The molecule has 8 nitrogen and oxygen atoms in total. The van der Waals surface area contributed by atoms with E-state index in [-0.39, 0.29) is 23.0 Å². The van der Waals surface area contributed by atoms with Crippen LogP contribution in [-0.2, 0) is 26.2 Å². The van der Waals surface area contributed by atoms with Crippen molar-refractivity contribution in [2.75, 3.05) is 24.5 Å². The molecule has 1 atom stereocenters. The summed E-state index contributed by atoms with van der Waals surface area (Å²) < 4.78 is 34.1. The average Bonchev–Trinajstić information content (AvgIpc) is 2.91. The molecular formula is C28H32ClN3O5S. The van der Waals surface area contributed by atoms with Gasteiger partial charge < -0.3 is 15.0 Å². The molecule has 38 heavy (non-hydrogen) atoms. The zero-order chi connectivity index (χ0) is 27.9. The van der Waals surface area contributed by atoms with Crippen molar-refractivity contribution >= 4 is 39.1 Å². The molecule has 3 aromatic carbocycles. The number of benzene rings is 3. The highest BCUT2D eigenvalue weighted by Crippen LogP contribution is 2.27. The molecule has 0 fully saturated rings. The van der Waals surface area contributed by atoms with Crippen LogP contribution in [0.4, 0.5) is 5.69 Å². The summed E-state index contributed by atoms with van der Waals surface area (Å²) in [6.45, 7) is 5.45. The van der Waals surface area contributed by atoms with E-state index in [1.807, 2.05) is 38.1 Å². The molecule has 0 aliphatic rings. The van der Waals surface area contributed by atoms with Crippen LogP contribution in [0.3, 0.4) is 0 Å². The van der Waals surface area contributed by atoms with Gasteiger partial charge in [-0.25, -0.2) is 8.42 Å². The number of halogens is 1. The summed E-state index contributed by atoms with van der Waals surface area (Å²) in [5.74, 6) is -0.322. The lowest BCUT2D eigenvalue weighted by Crippen LogP contribution is -2.50. The van der Waals surface area contributed by atoms with Gasteiger partial charge in [0, 0.05) is 18.6 Å². The predicted molar refractivity (Wildman–Crippen MR) is 149 cm³/mol. The van der Waals surface area contributed by atoms with Gasteiger partial charge in [0.25, 0.3) is 10.0 Å². The minimum Gasteiger partial charge on any atom is -0.494 e. The number of aryl methyl sites for hydroxylation is 1. The maximum absolute atomic E-state index is 13.8. The van der Waals surface area contributed by atoms with E-state index in [2.05, 4.69) is 5.32 Å². The van der Waals surface area contributed by atoms with E-state index in [0.717, 1.165) is 15.4 Å². The summed E-state index contributed by atoms with van der Waals surface area (Å²) in [5.41, 5.74) is 2.08. The molecule has 1 N–H and O–H groups in total. The molecule has 3 rings (SSSR count). The number of likely N-dealkylation sites (N-methyl/N-ethyl adjacent to an activating group) is 1. The zero-order valence-electron chi connectivity index (χ0n) is 21.8. The summed E-state index contributed by atoms with van der Waals surface area (Å²) in [5, 5.41) is 2.96. The number of nitrogens with one attached hydrogen (secondary N) is 1. The molecular weight excluding hydrogens is 526 g/mol. The van der Waals surface area contributed by atoms with Gasteiger partial charge in [0.1, 0.15) is 18.3 Å². The summed E-state index contributed by atoms with van der Waals surface area (Å²) in [7, 11) is -2.68. The Hall–Kier alpha value is -3.56. The van der Waals surface area contributed by atoms with Crippen LogP contribution in [-0.4, -0.2) is 51.4 Å². The fourth-order valence-electron chi connectivity index (χ4n) is 3.90. The molecule has 0 aliphatic heterocycles. The summed E-state index contributed by atoms with van der Waals surface area (Å²) in [6, 6.07) is 18.9. The topological polar surface area (TPSA) is 96.0 Å². The molecule has 0 unspecified atom stereocenters. The minimum absolute atomic E-state index is 0.0200. The van der Waals surface area contributed by atoms with Crippen LogP contribution < -0.4 is 14.4 Å². The van der Waals surface area contributed by atoms with E-state index in [4.69, 9.17) is 16.3 Å². The summed E-state index contributed by atoms with van der Waals surface area (Å²) in [6.07, 6.45) is 0. The number of hydrogen-bond acceptors (Lipinski definition) is 5. The van der Waals surface area contributed by atoms with Crippen LogP contribution in [0.15, 0.2) is 77.7 Å². The molecule has 0 saturated heterocycles. The Morgan fingerprint density at radius 3 is 2.21 bits per heavy atom. The number of rotatable bonds is 11. The molecule has 10 heteroatoms. The van der Waals surface area contributed by atoms with Gasteiger partial charge in [0.05, 0.1) is 17.2 Å². The number of carbonyl (C=O) groups excluding carboxylic acids is 2. The maximum Gasteiger partial charge on any atom is 0.264 e. The Labute approximate surface area is 229 Å². The van der Waals surface area contributed by atoms with Crippen LogP contribution in [0.1, 0.15) is 25.0 Å². The Morgan fingerprint density at radius 1 is 1.00 bits per heavy atom. The van der Waals surface area contributed by atoms with Crippen LogP contribution >= 0.6 is 11.6 Å². The summed E-state index contributed by atoms with van der Waals surface area (Å²) in [4.78, 5) is 27.7. The second-order valence-electron chi connectivity index (χ2n) is 8.63.